The molecule has 1 aliphatic carbocycles. The molecule has 0 unspecified atom stereocenters. The van der Waals surface area contributed by atoms with Crippen LogP contribution in [-0.4, -0.2) is 53.6 Å². The zero-order chi connectivity index (χ0) is 16.3. The highest BCUT2D eigenvalue weighted by Gasteiger charge is 2.34. The minimum Gasteiger partial charge on any atom is -0.444 e. The van der Waals surface area contributed by atoms with Gasteiger partial charge in [-0.25, -0.2) is 4.79 Å². The molecule has 0 saturated carbocycles. The van der Waals surface area contributed by atoms with E-state index in [0.717, 1.165) is 32.2 Å². The highest BCUT2D eigenvalue weighted by atomic mass is 16.6. The molecule has 1 saturated heterocycles. The fourth-order valence-corrected chi connectivity index (χ4v) is 3.10. The number of amides is 2. The average molecular weight is 308 g/mol. The highest BCUT2D eigenvalue weighted by molar-refractivity contribution is 5.80. The van der Waals surface area contributed by atoms with Crippen LogP contribution in [0.25, 0.3) is 0 Å². The Bertz CT molecular complexity index is 445. The third-order valence-electron chi connectivity index (χ3n) is 4.21. The molecule has 0 spiro atoms. The quantitative estimate of drug-likeness (QED) is 0.753. The summed E-state index contributed by atoms with van der Waals surface area (Å²) in [6.07, 6.45) is 7.52. The van der Waals surface area contributed by atoms with Gasteiger partial charge in [0, 0.05) is 32.1 Å². The van der Waals surface area contributed by atoms with E-state index >= 15 is 0 Å². The minimum absolute atomic E-state index is 0.104. The molecule has 5 heteroatoms. The van der Waals surface area contributed by atoms with Gasteiger partial charge in [0.1, 0.15) is 5.60 Å². The summed E-state index contributed by atoms with van der Waals surface area (Å²) >= 11 is 0. The van der Waals surface area contributed by atoms with E-state index in [0.29, 0.717) is 6.54 Å². The summed E-state index contributed by atoms with van der Waals surface area (Å²) in [6.45, 7) is 6.93. The van der Waals surface area contributed by atoms with E-state index in [1.165, 1.54) is 0 Å². The van der Waals surface area contributed by atoms with Crippen LogP contribution < -0.4 is 0 Å². The SMILES string of the molecule is CN(C[C@H]1CCCN1C(=O)C1CC=CC1)C(=O)OC(C)(C)C. The summed E-state index contributed by atoms with van der Waals surface area (Å²) in [5.74, 6) is 0.345. The predicted octanol–water partition coefficient (Wildman–Crippen LogP) is 2.81. The number of likely N-dealkylation sites (N-methyl/N-ethyl adjacent to an activating group) is 1. The van der Waals surface area contributed by atoms with Gasteiger partial charge < -0.3 is 14.5 Å². The standard InChI is InChI=1S/C17H28N2O3/c1-17(2,3)22-16(21)18(4)12-14-10-7-11-19(14)15(20)13-8-5-6-9-13/h5-6,13-14H,7-12H2,1-4H3/t14-/m1/s1. The fourth-order valence-electron chi connectivity index (χ4n) is 3.10. The Kier molecular flexibility index (Phi) is 5.14. The van der Waals surface area contributed by atoms with E-state index in [9.17, 15) is 9.59 Å². The van der Waals surface area contributed by atoms with E-state index in [4.69, 9.17) is 4.74 Å². The first kappa shape index (κ1) is 16.8. The Labute approximate surface area is 133 Å². The van der Waals surface area contributed by atoms with Crippen molar-refractivity contribution in [1.82, 2.24) is 9.80 Å². The summed E-state index contributed by atoms with van der Waals surface area (Å²) in [7, 11) is 1.74. The van der Waals surface area contributed by atoms with Crippen LogP contribution in [0.1, 0.15) is 46.5 Å². The van der Waals surface area contributed by atoms with Gasteiger partial charge in [0.2, 0.25) is 5.91 Å². The summed E-state index contributed by atoms with van der Waals surface area (Å²) in [4.78, 5) is 28.2. The van der Waals surface area contributed by atoms with Crippen LogP contribution in [0.5, 0.6) is 0 Å². The molecule has 0 bridgehead atoms. The van der Waals surface area contributed by atoms with E-state index in [1.54, 1.807) is 11.9 Å². The van der Waals surface area contributed by atoms with Gasteiger partial charge in [0.25, 0.3) is 0 Å². The molecule has 1 heterocycles. The molecule has 2 aliphatic rings. The number of ether oxygens (including phenoxy) is 1. The number of rotatable bonds is 3. The van der Waals surface area contributed by atoms with Crippen molar-refractivity contribution in [3.8, 4) is 0 Å². The zero-order valence-corrected chi connectivity index (χ0v) is 14.2. The van der Waals surface area contributed by atoms with Crippen LogP contribution in [0.2, 0.25) is 0 Å². The lowest BCUT2D eigenvalue weighted by atomic mass is 10.1. The molecular formula is C17H28N2O3. The maximum absolute atomic E-state index is 12.6. The first-order valence-corrected chi connectivity index (χ1v) is 8.17. The van der Waals surface area contributed by atoms with E-state index < -0.39 is 5.60 Å². The highest BCUT2D eigenvalue weighted by Crippen LogP contribution is 2.26. The maximum atomic E-state index is 12.6. The minimum atomic E-state index is -0.494. The third-order valence-corrected chi connectivity index (χ3v) is 4.21. The Morgan fingerprint density at radius 3 is 2.50 bits per heavy atom. The number of carbonyl (C=O) groups is 2. The number of nitrogens with zero attached hydrogens (tertiary/aromatic N) is 2. The Morgan fingerprint density at radius 1 is 1.27 bits per heavy atom. The van der Waals surface area contributed by atoms with Gasteiger partial charge in [0.15, 0.2) is 0 Å². The number of likely N-dealkylation sites (tertiary alicyclic amines) is 1. The van der Waals surface area contributed by atoms with Gasteiger partial charge in [-0.1, -0.05) is 12.2 Å². The second-order valence-electron chi connectivity index (χ2n) is 7.33. The molecule has 0 aromatic heterocycles. The molecule has 1 aliphatic heterocycles. The van der Waals surface area contributed by atoms with Crippen LogP contribution in [0.3, 0.4) is 0 Å². The third kappa shape index (κ3) is 4.24. The van der Waals surface area contributed by atoms with Gasteiger partial charge in [-0.3, -0.25) is 4.79 Å². The summed E-state index contributed by atoms with van der Waals surface area (Å²) in [6, 6.07) is 0.116. The number of carbonyl (C=O) groups excluding carboxylic acids is 2. The van der Waals surface area contributed by atoms with Gasteiger partial charge in [-0.05, 0) is 46.5 Å². The van der Waals surface area contributed by atoms with Crippen molar-refractivity contribution in [2.24, 2.45) is 5.92 Å². The molecular weight excluding hydrogens is 280 g/mol. The predicted molar refractivity (Wildman–Crippen MR) is 85.5 cm³/mol. The first-order chi connectivity index (χ1) is 10.3. The van der Waals surface area contributed by atoms with Crippen molar-refractivity contribution in [3.05, 3.63) is 12.2 Å². The molecule has 22 heavy (non-hydrogen) atoms. The lowest BCUT2D eigenvalue weighted by Gasteiger charge is -2.31. The van der Waals surface area contributed by atoms with Crippen LogP contribution in [0.15, 0.2) is 12.2 Å². The van der Waals surface area contributed by atoms with E-state index in [-0.39, 0.29) is 24.0 Å². The van der Waals surface area contributed by atoms with Crippen molar-refractivity contribution in [3.63, 3.8) is 0 Å². The van der Waals surface area contributed by atoms with Crippen LogP contribution in [0.4, 0.5) is 4.79 Å². The Balaban J connectivity index is 1.90. The van der Waals surface area contributed by atoms with Crippen molar-refractivity contribution in [1.29, 1.82) is 0 Å². The van der Waals surface area contributed by atoms with Crippen molar-refractivity contribution >= 4 is 12.0 Å². The zero-order valence-electron chi connectivity index (χ0n) is 14.2. The van der Waals surface area contributed by atoms with Crippen LogP contribution in [0, 0.1) is 5.92 Å². The second kappa shape index (κ2) is 6.71. The van der Waals surface area contributed by atoms with Crippen LogP contribution >= 0.6 is 0 Å². The molecule has 1 atom stereocenters. The van der Waals surface area contributed by atoms with E-state index in [2.05, 4.69) is 12.2 Å². The van der Waals surface area contributed by atoms with Gasteiger partial charge in [-0.2, -0.15) is 0 Å². The van der Waals surface area contributed by atoms with E-state index in [1.807, 2.05) is 25.7 Å². The first-order valence-electron chi connectivity index (χ1n) is 8.17. The number of allylic oxidation sites excluding steroid dienone is 2. The molecule has 1 fully saturated rings. The van der Waals surface area contributed by atoms with Crippen molar-refractivity contribution in [2.45, 2.75) is 58.1 Å². The molecule has 0 aromatic carbocycles. The lowest BCUT2D eigenvalue weighted by Crippen LogP contribution is -2.46. The smallest absolute Gasteiger partial charge is 0.410 e. The van der Waals surface area contributed by atoms with Crippen LogP contribution in [-0.2, 0) is 9.53 Å². The second-order valence-corrected chi connectivity index (χ2v) is 7.33. The molecule has 0 radical (unpaired) electrons. The molecule has 0 N–H and O–H groups in total. The Hall–Kier alpha value is -1.52. The lowest BCUT2D eigenvalue weighted by molar-refractivity contribution is -0.136. The maximum Gasteiger partial charge on any atom is 0.410 e. The van der Waals surface area contributed by atoms with Gasteiger partial charge in [-0.15, -0.1) is 0 Å². The molecule has 124 valence electrons. The molecule has 2 amide bonds. The molecule has 5 nitrogen and oxygen atoms in total. The number of hydrogen-bond donors (Lipinski definition) is 0. The monoisotopic (exact) mass is 308 g/mol. The fraction of sp³-hybridized carbons (Fsp3) is 0.765. The average Bonchev–Trinajstić information content (AvgIpc) is 3.07. The van der Waals surface area contributed by atoms with Gasteiger partial charge >= 0.3 is 6.09 Å². The summed E-state index contributed by atoms with van der Waals surface area (Å²) in [5.41, 5.74) is -0.494. The van der Waals surface area contributed by atoms with Crippen molar-refractivity contribution in [2.75, 3.05) is 20.1 Å². The Morgan fingerprint density at radius 2 is 1.91 bits per heavy atom. The largest absolute Gasteiger partial charge is 0.444 e. The summed E-state index contributed by atoms with van der Waals surface area (Å²) in [5, 5.41) is 0. The normalized spacial score (nSPS) is 22.2. The van der Waals surface area contributed by atoms with Gasteiger partial charge in [0.05, 0.1) is 0 Å². The molecule has 2 rings (SSSR count). The molecule has 0 aromatic rings. The topological polar surface area (TPSA) is 49.9 Å². The van der Waals surface area contributed by atoms with Crippen molar-refractivity contribution < 1.29 is 14.3 Å². The number of hydrogen-bond acceptors (Lipinski definition) is 3. The summed E-state index contributed by atoms with van der Waals surface area (Å²) < 4.78 is 5.38.